The SMILES string of the molecule is CC(C)S(=O)(=O)c1cccc(-c2nnc(NC(=O)c3cnc4ccccc4n3)o2)c1. The Morgan fingerprint density at radius 2 is 1.80 bits per heavy atom. The summed E-state index contributed by atoms with van der Waals surface area (Å²) in [4.78, 5) is 21.1. The smallest absolute Gasteiger partial charge is 0.322 e. The molecule has 0 radical (unpaired) electrons. The Bertz CT molecular complexity index is 1350. The van der Waals surface area contributed by atoms with Crippen molar-refractivity contribution in [3.8, 4) is 11.5 Å². The summed E-state index contributed by atoms with van der Waals surface area (Å²) >= 11 is 0. The standard InChI is InChI=1S/C20H17N5O4S/c1-12(2)30(27,28)14-7-5-6-13(10-14)19-24-25-20(29-19)23-18(26)17-11-21-15-8-3-4-9-16(15)22-17/h3-12H,1-2H3,(H,23,25,26). The van der Waals surface area contributed by atoms with Gasteiger partial charge in [0.05, 0.1) is 27.4 Å². The number of para-hydroxylation sites is 2. The highest BCUT2D eigenvalue weighted by molar-refractivity contribution is 7.92. The van der Waals surface area contributed by atoms with Gasteiger partial charge in [0.15, 0.2) is 9.84 Å². The van der Waals surface area contributed by atoms with Crippen LogP contribution in [0.5, 0.6) is 0 Å². The van der Waals surface area contributed by atoms with Gasteiger partial charge in [-0.1, -0.05) is 23.3 Å². The van der Waals surface area contributed by atoms with E-state index >= 15 is 0 Å². The number of carbonyl (C=O) groups excluding carboxylic acids is 1. The molecule has 152 valence electrons. The van der Waals surface area contributed by atoms with Crippen molar-refractivity contribution >= 4 is 32.8 Å². The fourth-order valence-corrected chi connectivity index (χ4v) is 3.80. The minimum atomic E-state index is -3.45. The second kappa shape index (κ2) is 7.64. The molecule has 30 heavy (non-hydrogen) atoms. The molecular weight excluding hydrogens is 406 g/mol. The number of amides is 1. The zero-order valence-corrected chi connectivity index (χ0v) is 16.9. The molecule has 0 atom stereocenters. The van der Waals surface area contributed by atoms with E-state index in [1.807, 2.05) is 6.07 Å². The lowest BCUT2D eigenvalue weighted by atomic mass is 10.2. The molecular formula is C20H17N5O4S. The number of hydrogen-bond donors (Lipinski definition) is 1. The Morgan fingerprint density at radius 1 is 1.03 bits per heavy atom. The number of nitrogens with one attached hydrogen (secondary N) is 1. The summed E-state index contributed by atoms with van der Waals surface area (Å²) in [5, 5.41) is 9.60. The van der Waals surface area contributed by atoms with Crippen LogP contribution >= 0.6 is 0 Å². The van der Waals surface area contributed by atoms with Crippen LogP contribution in [0.4, 0.5) is 6.01 Å². The predicted molar refractivity (Wildman–Crippen MR) is 110 cm³/mol. The predicted octanol–water partition coefficient (Wildman–Crippen LogP) is 3.11. The normalized spacial score (nSPS) is 11.7. The molecule has 4 aromatic rings. The summed E-state index contributed by atoms with van der Waals surface area (Å²) in [6.07, 6.45) is 1.36. The lowest BCUT2D eigenvalue weighted by Crippen LogP contribution is -2.14. The quantitative estimate of drug-likeness (QED) is 0.518. The van der Waals surface area contributed by atoms with Gasteiger partial charge in [-0.25, -0.2) is 13.4 Å². The highest BCUT2D eigenvalue weighted by atomic mass is 32.2. The summed E-state index contributed by atoms with van der Waals surface area (Å²) in [7, 11) is -3.45. The van der Waals surface area contributed by atoms with Crippen LogP contribution in [-0.2, 0) is 9.84 Å². The summed E-state index contributed by atoms with van der Waals surface area (Å²) < 4.78 is 30.2. The minimum absolute atomic E-state index is 0.0794. The van der Waals surface area contributed by atoms with Crippen LogP contribution in [-0.4, -0.2) is 39.7 Å². The van der Waals surface area contributed by atoms with Gasteiger partial charge in [-0.3, -0.25) is 15.1 Å². The van der Waals surface area contributed by atoms with Gasteiger partial charge in [-0.05, 0) is 44.2 Å². The molecule has 0 saturated carbocycles. The maximum Gasteiger partial charge on any atom is 0.322 e. The largest absolute Gasteiger partial charge is 0.403 e. The lowest BCUT2D eigenvalue weighted by Gasteiger charge is -2.08. The Kier molecular flexibility index (Phi) is 5.00. The highest BCUT2D eigenvalue weighted by Crippen LogP contribution is 2.25. The second-order valence-electron chi connectivity index (χ2n) is 6.73. The molecule has 9 nitrogen and oxygen atoms in total. The van der Waals surface area contributed by atoms with E-state index in [0.717, 1.165) is 0 Å². The summed E-state index contributed by atoms with van der Waals surface area (Å²) in [5.41, 5.74) is 1.78. The number of benzene rings is 2. The van der Waals surface area contributed by atoms with Gasteiger partial charge in [-0.15, -0.1) is 5.10 Å². The van der Waals surface area contributed by atoms with Crippen molar-refractivity contribution < 1.29 is 17.6 Å². The van der Waals surface area contributed by atoms with E-state index in [1.165, 1.54) is 18.3 Å². The number of hydrogen-bond acceptors (Lipinski definition) is 8. The molecule has 1 N–H and O–H groups in total. The number of carbonyl (C=O) groups is 1. The van der Waals surface area contributed by atoms with Gasteiger partial charge in [0.25, 0.3) is 5.91 Å². The number of sulfone groups is 1. The second-order valence-corrected chi connectivity index (χ2v) is 9.24. The molecule has 0 unspecified atom stereocenters. The van der Waals surface area contributed by atoms with Crippen LogP contribution in [0.25, 0.3) is 22.5 Å². The molecule has 2 heterocycles. The highest BCUT2D eigenvalue weighted by Gasteiger charge is 2.21. The molecule has 0 saturated heterocycles. The Morgan fingerprint density at radius 3 is 2.57 bits per heavy atom. The first-order valence-electron chi connectivity index (χ1n) is 9.05. The van der Waals surface area contributed by atoms with Crippen molar-refractivity contribution in [3.05, 3.63) is 60.4 Å². The first kappa shape index (κ1) is 19.6. The van der Waals surface area contributed by atoms with E-state index in [4.69, 9.17) is 4.42 Å². The number of fused-ring (bicyclic) bond motifs is 1. The maximum atomic E-state index is 12.4. The minimum Gasteiger partial charge on any atom is -0.403 e. The fraction of sp³-hybridized carbons (Fsp3) is 0.150. The average Bonchev–Trinajstić information content (AvgIpc) is 3.22. The molecule has 2 aromatic carbocycles. The van der Waals surface area contributed by atoms with Gasteiger partial charge >= 0.3 is 6.01 Å². The lowest BCUT2D eigenvalue weighted by molar-refractivity contribution is 0.101. The van der Waals surface area contributed by atoms with Crippen molar-refractivity contribution in [3.63, 3.8) is 0 Å². The fourth-order valence-electron chi connectivity index (χ4n) is 2.70. The molecule has 0 bridgehead atoms. The number of rotatable bonds is 5. The topological polar surface area (TPSA) is 128 Å². The van der Waals surface area contributed by atoms with E-state index in [0.29, 0.717) is 16.6 Å². The molecule has 0 aliphatic rings. The van der Waals surface area contributed by atoms with E-state index in [9.17, 15) is 13.2 Å². The van der Waals surface area contributed by atoms with Crippen molar-refractivity contribution in [2.24, 2.45) is 0 Å². The monoisotopic (exact) mass is 423 g/mol. The Balaban J connectivity index is 1.56. The molecule has 2 aromatic heterocycles. The molecule has 0 spiro atoms. The molecule has 10 heteroatoms. The van der Waals surface area contributed by atoms with Crippen LogP contribution in [0.1, 0.15) is 24.3 Å². The average molecular weight is 423 g/mol. The first-order chi connectivity index (χ1) is 14.3. The number of aromatic nitrogens is 4. The van der Waals surface area contributed by atoms with Crippen molar-refractivity contribution in [1.29, 1.82) is 0 Å². The zero-order valence-electron chi connectivity index (χ0n) is 16.1. The van der Waals surface area contributed by atoms with Gasteiger partial charge in [0.1, 0.15) is 5.69 Å². The Labute approximate surface area is 172 Å². The number of nitrogens with zero attached hydrogens (tertiary/aromatic N) is 4. The van der Waals surface area contributed by atoms with E-state index < -0.39 is 21.0 Å². The van der Waals surface area contributed by atoms with Gasteiger partial charge in [0, 0.05) is 5.56 Å². The van der Waals surface area contributed by atoms with Crippen LogP contribution in [0.2, 0.25) is 0 Å². The molecule has 0 fully saturated rings. The summed E-state index contributed by atoms with van der Waals surface area (Å²) in [6.45, 7) is 3.22. The molecule has 1 amide bonds. The number of anilines is 1. The van der Waals surface area contributed by atoms with Crippen molar-refractivity contribution in [1.82, 2.24) is 20.2 Å². The van der Waals surface area contributed by atoms with Crippen LogP contribution in [0, 0.1) is 0 Å². The third kappa shape index (κ3) is 3.77. The van der Waals surface area contributed by atoms with Gasteiger partial charge in [0.2, 0.25) is 5.89 Å². The summed E-state index contributed by atoms with van der Waals surface area (Å²) in [5.74, 6) is -0.477. The van der Waals surface area contributed by atoms with Crippen LogP contribution in [0.15, 0.2) is 64.0 Å². The van der Waals surface area contributed by atoms with Gasteiger partial charge in [-0.2, -0.15) is 0 Å². The van der Waals surface area contributed by atoms with Crippen molar-refractivity contribution in [2.45, 2.75) is 24.0 Å². The van der Waals surface area contributed by atoms with Crippen LogP contribution in [0.3, 0.4) is 0 Å². The third-order valence-corrected chi connectivity index (χ3v) is 6.51. The van der Waals surface area contributed by atoms with Crippen LogP contribution < -0.4 is 5.32 Å². The maximum absolute atomic E-state index is 12.4. The van der Waals surface area contributed by atoms with E-state index in [2.05, 4.69) is 25.5 Å². The third-order valence-electron chi connectivity index (χ3n) is 4.36. The Hall–Kier alpha value is -3.66. The van der Waals surface area contributed by atoms with Crippen molar-refractivity contribution in [2.75, 3.05) is 5.32 Å². The molecule has 0 aliphatic carbocycles. The zero-order chi connectivity index (χ0) is 21.3. The first-order valence-corrected chi connectivity index (χ1v) is 10.6. The van der Waals surface area contributed by atoms with E-state index in [-0.39, 0.29) is 22.5 Å². The molecule has 0 aliphatic heterocycles. The molecule has 4 rings (SSSR count). The van der Waals surface area contributed by atoms with E-state index in [1.54, 1.807) is 44.2 Å². The summed E-state index contributed by atoms with van der Waals surface area (Å²) in [6, 6.07) is 13.3. The van der Waals surface area contributed by atoms with Gasteiger partial charge < -0.3 is 4.42 Å².